The summed E-state index contributed by atoms with van der Waals surface area (Å²) in [5.41, 5.74) is -3.61. The second-order valence-corrected chi connectivity index (χ2v) is 12.5. The molecule has 15 heteroatoms. The first-order chi connectivity index (χ1) is 20.1. The van der Waals surface area contributed by atoms with Crippen LogP contribution in [0, 0.1) is 0 Å². The van der Waals surface area contributed by atoms with Crippen LogP contribution >= 0.6 is 0 Å². The van der Waals surface area contributed by atoms with E-state index in [1.165, 1.54) is 32.2 Å². The maximum atomic E-state index is 13.7. The van der Waals surface area contributed by atoms with E-state index in [9.17, 15) is 43.2 Å². The fraction of sp³-hybridized carbons (Fsp3) is 0.464. The topological polar surface area (TPSA) is 226 Å². The summed E-state index contributed by atoms with van der Waals surface area (Å²) in [5, 5.41) is 47.3. The average Bonchev–Trinajstić information content (AvgIpc) is 2.93. The van der Waals surface area contributed by atoms with Crippen LogP contribution in [-0.4, -0.2) is 93.9 Å². The molecular formula is C28H31NO13S. The smallest absolute Gasteiger partial charge is 0.278 e. The molecule has 0 spiro atoms. The van der Waals surface area contributed by atoms with Crippen molar-refractivity contribution in [3.63, 3.8) is 0 Å². The number of ketones is 3. The van der Waals surface area contributed by atoms with Gasteiger partial charge < -0.3 is 34.6 Å². The minimum Gasteiger partial charge on any atom is -0.507 e. The Labute approximate surface area is 245 Å². The van der Waals surface area contributed by atoms with Gasteiger partial charge in [-0.1, -0.05) is 12.1 Å². The number of phenols is 2. The number of ether oxygens (including phenoxy) is 3. The van der Waals surface area contributed by atoms with Crippen molar-refractivity contribution in [1.29, 1.82) is 0 Å². The first kappa shape index (κ1) is 31.0. The highest BCUT2D eigenvalue weighted by atomic mass is 32.2. The highest BCUT2D eigenvalue weighted by Gasteiger charge is 2.49. The van der Waals surface area contributed by atoms with Crippen molar-refractivity contribution in [2.45, 2.75) is 69.4 Å². The van der Waals surface area contributed by atoms with Crippen LogP contribution < -0.4 is 10.1 Å². The quantitative estimate of drug-likeness (QED) is 0.156. The number of hydrogen-bond acceptors (Lipinski definition) is 13. The first-order valence-corrected chi connectivity index (χ1v) is 15.0. The maximum Gasteiger partial charge on any atom is 0.278 e. The number of carbonyl (C=O) groups excluding carboxylic acids is 3. The molecular weight excluding hydrogens is 590 g/mol. The Hall–Kier alpha value is -3.44. The molecule has 1 aliphatic heterocycles. The van der Waals surface area contributed by atoms with Crippen molar-refractivity contribution in [1.82, 2.24) is 5.32 Å². The van der Waals surface area contributed by atoms with E-state index in [0.717, 1.165) is 6.92 Å². The Morgan fingerprint density at radius 2 is 1.81 bits per heavy atom. The summed E-state index contributed by atoms with van der Waals surface area (Å²) in [6.07, 6.45) is -5.85. The van der Waals surface area contributed by atoms with E-state index in [4.69, 9.17) is 18.8 Å². The lowest BCUT2D eigenvalue weighted by Gasteiger charge is -2.42. The van der Waals surface area contributed by atoms with Gasteiger partial charge in [0.05, 0.1) is 42.1 Å². The lowest BCUT2D eigenvalue weighted by molar-refractivity contribution is -0.249. The SMILES string of the molecule is COc1cccc2c1C(=O)c1c(O)c3c(c(O)c1C2=O)C[C@@](O)(C(C)=O)C[C@@H]3OC1CC(NCS(=O)(=O)O)C(O)C(C)O1. The van der Waals surface area contributed by atoms with Crippen LogP contribution in [0.4, 0.5) is 0 Å². The molecule has 232 valence electrons. The van der Waals surface area contributed by atoms with Crippen molar-refractivity contribution in [2.24, 2.45) is 0 Å². The fourth-order valence-corrected chi connectivity index (χ4v) is 6.46. The molecule has 2 aliphatic carbocycles. The number of nitrogens with one attached hydrogen (secondary N) is 1. The number of phenolic OH excluding ortho intramolecular Hbond substituents is 2. The van der Waals surface area contributed by atoms with Gasteiger partial charge in [-0.2, -0.15) is 8.42 Å². The molecule has 43 heavy (non-hydrogen) atoms. The largest absolute Gasteiger partial charge is 0.507 e. The minimum absolute atomic E-state index is 0.0662. The third-order valence-electron chi connectivity index (χ3n) is 8.28. The summed E-state index contributed by atoms with van der Waals surface area (Å²) in [4.78, 5) is 39.9. The minimum atomic E-state index is -4.43. The van der Waals surface area contributed by atoms with Crippen LogP contribution in [0.25, 0.3) is 0 Å². The number of aliphatic hydroxyl groups is 2. The van der Waals surface area contributed by atoms with E-state index in [2.05, 4.69) is 5.32 Å². The van der Waals surface area contributed by atoms with E-state index in [1.807, 2.05) is 0 Å². The Morgan fingerprint density at radius 1 is 1.14 bits per heavy atom. The number of aromatic hydroxyl groups is 2. The summed E-state index contributed by atoms with van der Waals surface area (Å²) in [6, 6.07) is 3.38. The predicted octanol–water partition coefficient (Wildman–Crippen LogP) is 0.505. The third kappa shape index (κ3) is 5.31. The van der Waals surface area contributed by atoms with Gasteiger partial charge in [-0.3, -0.25) is 24.3 Å². The van der Waals surface area contributed by atoms with Crippen molar-refractivity contribution in [3.8, 4) is 17.2 Å². The number of fused-ring (bicyclic) bond motifs is 3. The Bertz CT molecular complexity index is 1640. The third-order valence-corrected chi connectivity index (χ3v) is 8.81. The van der Waals surface area contributed by atoms with E-state index in [0.29, 0.717) is 0 Å². The highest BCUT2D eigenvalue weighted by Crippen LogP contribution is 2.52. The van der Waals surface area contributed by atoms with Crippen LogP contribution in [0.1, 0.15) is 75.8 Å². The molecule has 6 atom stereocenters. The van der Waals surface area contributed by atoms with Crippen molar-refractivity contribution in [3.05, 3.63) is 51.6 Å². The zero-order valence-electron chi connectivity index (χ0n) is 23.4. The summed E-state index contributed by atoms with van der Waals surface area (Å²) in [7, 11) is -3.13. The first-order valence-electron chi connectivity index (χ1n) is 13.4. The number of Topliss-reactive ketones (excluding diaryl/α,β-unsaturated/α-hetero) is 1. The molecule has 0 amide bonds. The zero-order chi connectivity index (χ0) is 31.6. The normalized spacial score (nSPS) is 28.6. The number of rotatable bonds is 7. The molecule has 2 aromatic rings. The summed E-state index contributed by atoms with van der Waals surface area (Å²) in [6.45, 7) is 2.61. The monoisotopic (exact) mass is 621 g/mol. The van der Waals surface area contributed by atoms with Gasteiger partial charge in [0, 0.05) is 42.0 Å². The van der Waals surface area contributed by atoms with Crippen molar-refractivity contribution in [2.75, 3.05) is 13.0 Å². The molecule has 0 radical (unpaired) electrons. The van der Waals surface area contributed by atoms with Crippen LogP contribution in [0.3, 0.4) is 0 Å². The van der Waals surface area contributed by atoms with Gasteiger partial charge >= 0.3 is 0 Å². The lowest BCUT2D eigenvalue weighted by Crippen LogP contribution is -2.55. The van der Waals surface area contributed by atoms with Gasteiger partial charge in [-0.25, -0.2) is 0 Å². The second kappa shape index (κ2) is 10.9. The number of aliphatic hydroxyl groups excluding tert-OH is 1. The van der Waals surface area contributed by atoms with E-state index in [-0.39, 0.29) is 34.4 Å². The maximum absolute atomic E-state index is 13.7. The summed E-state index contributed by atoms with van der Waals surface area (Å²) >= 11 is 0. The van der Waals surface area contributed by atoms with Gasteiger partial charge in [-0.15, -0.1) is 0 Å². The number of carbonyl (C=O) groups is 3. The molecule has 3 aliphatic rings. The molecule has 1 fully saturated rings. The summed E-state index contributed by atoms with van der Waals surface area (Å²) < 4.78 is 48.8. The van der Waals surface area contributed by atoms with Crippen molar-refractivity contribution < 1.29 is 62.0 Å². The Kier molecular flexibility index (Phi) is 7.88. The molecule has 4 unspecified atom stereocenters. The number of benzene rings is 2. The number of hydrogen-bond donors (Lipinski definition) is 6. The molecule has 2 aromatic carbocycles. The molecule has 0 saturated carbocycles. The molecule has 1 saturated heterocycles. The number of methoxy groups -OCH3 is 1. The van der Waals surface area contributed by atoms with Crippen LogP contribution in [-0.2, 0) is 30.8 Å². The van der Waals surface area contributed by atoms with E-state index < -0.39 is 105 Å². The molecule has 6 N–H and O–H groups in total. The summed E-state index contributed by atoms with van der Waals surface area (Å²) in [5.74, 6) is -4.47. The van der Waals surface area contributed by atoms with Crippen LogP contribution in [0.2, 0.25) is 0 Å². The average molecular weight is 622 g/mol. The van der Waals surface area contributed by atoms with Gasteiger partial charge in [0.15, 0.2) is 17.9 Å². The van der Waals surface area contributed by atoms with Crippen LogP contribution in [0.15, 0.2) is 18.2 Å². The van der Waals surface area contributed by atoms with Gasteiger partial charge in [0.25, 0.3) is 10.1 Å². The molecule has 5 rings (SSSR count). The molecule has 14 nitrogen and oxygen atoms in total. The highest BCUT2D eigenvalue weighted by molar-refractivity contribution is 7.85. The second-order valence-electron chi connectivity index (χ2n) is 11.0. The van der Waals surface area contributed by atoms with Crippen molar-refractivity contribution >= 4 is 27.5 Å². The predicted molar refractivity (Wildman–Crippen MR) is 146 cm³/mol. The Balaban J connectivity index is 1.60. The van der Waals surface area contributed by atoms with Gasteiger partial charge in [0.1, 0.15) is 28.7 Å². The Morgan fingerprint density at radius 3 is 2.44 bits per heavy atom. The van der Waals surface area contributed by atoms with E-state index >= 15 is 0 Å². The zero-order valence-corrected chi connectivity index (χ0v) is 24.2. The van der Waals surface area contributed by atoms with Crippen LogP contribution in [0.5, 0.6) is 17.2 Å². The molecule has 0 aromatic heterocycles. The fourth-order valence-electron chi connectivity index (χ4n) is 6.04. The van der Waals surface area contributed by atoms with Gasteiger partial charge in [-0.05, 0) is 19.9 Å². The molecule has 0 bridgehead atoms. The van der Waals surface area contributed by atoms with Gasteiger partial charge in [0.2, 0.25) is 5.78 Å². The molecule has 1 heterocycles. The standard InChI is InChI=1S/C28H31NO13S/c1-11-23(31)15(29-10-43(37,38)39)7-18(41-11)42-17-9-28(36,12(2)30)8-14-20(17)27(35)22-21(25(14)33)24(32)13-5-4-6-16(40-3)19(13)26(22)34/h4-6,11,15,17-18,23,29,31,33,35-36H,7-10H2,1-3H3,(H,37,38,39)/t11?,15?,17-,18?,23?,28-/m0/s1. The lowest BCUT2D eigenvalue weighted by atomic mass is 9.72. The van der Waals surface area contributed by atoms with E-state index in [1.54, 1.807) is 0 Å².